The predicted molar refractivity (Wildman–Crippen MR) is 105 cm³/mol. The number of benzene rings is 1. The Hall–Kier alpha value is -2.41. The highest BCUT2D eigenvalue weighted by Crippen LogP contribution is 2.42. The Balaban J connectivity index is 2.06. The fourth-order valence-corrected chi connectivity index (χ4v) is 3.55. The summed E-state index contributed by atoms with van der Waals surface area (Å²) < 4.78 is 32.6. The van der Waals surface area contributed by atoms with Crippen LogP contribution < -0.4 is 19.8 Å². The van der Waals surface area contributed by atoms with Crippen LogP contribution in [0.15, 0.2) is 15.3 Å². The number of hydrogen-bond donors (Lipinski definition) is 4. The Morgan fingerprint density at radius 3 is 2.26 bits per heavy atom. The summed E-state index contributed by atoms with van der Waals surface area (Å²) in [4.78, 5) is 12.3. The number of fused-ring (bicyclic) bond motifs is 1. The van der Waals surface area contributed by atoms with Gasteiger partial charge in [-0.25, -0.2) is 4.79 Å². The molecule has 0 aliphatic carbocycles. The highest BCUT2D eigenvalue weighted by Gasteiger charge is 2.44. The first-order valence-electron chi connectivity index (χ1n) is 9.46. The van der Waals surface area contributed by atoms with Crippen LogP contribution in [0, 0.1) is 6.92 Å². The number of ether oxygens (including phenoxy) is 5. The summed E-state index contributed by atoms with van der Waals surface area (Å²) in [7, 11) is 4.21. The van der Waals surface area contributed by atoms with Crippen LogP contribution >= 0.6 is 0 Å². The molecule has 1 saturated heterocycles. The van der Waals surface area contributed by atoms with Gasteiger partial charge >= 0.3 is 5.63 Å². The summed E-state index contributed by atoms with van der Waals surface area (Å²) >= 11 is 0. The SMILES string of the molecule is COc1cc(COC2OC(CO)C(O)C(O)C2O)c2c(OC)c(C)c(=O)oc2c1OC. The largest absolute Gasteiger partial charge is 0.495 e. The Morgan fingerprint density at radius 1 is 1.00 bits per heavy atom. The van der Waals surface area contributed by atoms with Crippen molar-refractivity contribution < 1.29 is 48.5 Å². The van der Waals surface area contributed by atoms with Crippen molar-refractivity contribution in [2.45, 2.75) is 44.2 Å². The maximum atomic E-state index is 12.3. The first-order chi connectivity index (χ1) is 14.8. The average Bonchev–Trinajstić information content (AvgIpc) is 2.77. The first-order valence-corrected chi connectivity index (χ1v) is 9.46. The minimum atomic E-state index is -1.58. The molecule has 1 aromatic carbocycles. The molecule has 2 heterocycles. The second-order valence-electron chi connectivity index (χ2n) is 7.03. The number of hydrogen-bond acceptors (Lipinski definition) is 11. The lowest BCUT2D eigenvalue weighted by Crippen LogP contribution is -2.59. The van der Waals surface area contributed by atoms with Crippen LogP contribution in [-0.2, 0) is 16.1 Å². The highest BCUT2D eigenvalue weighted by atomic mass is 16.7. The molecule has 1 aromatic heterocycles. The van der Waals surface area contributed by atoms with E-state index in [-0.39, 0.29) is 35.0 Å². The van der Waals surface area contributed by atoms with E-state index in [9.17, 15) is 25.2 Å². The molecule has 11 heteroatoms. The third-order valence-electron chi connectivity index (χ3n) is 5.23. The van der Waals surface area contributed by atoms with Crippen molar-refractivity contribution in [3.05, 3.63) is 27.6 Å². The molecule has 0 radical (unpaired) electrons. The molecule has 1 aliphatic heterocycles. The Labute approximate surface area is 177 Å². The lowest BCUT2D eigenvalue weighted by molar-refractivity contribution is -0.304. The molecule has 1 aliphatic rings. The molecule has 4 N–H and O–H groups in total. The zero-order valence-electron chi connectivity index (χ0n) is 17.5. The topological polar surface area (TPSA) is 157 Å². The van der Waals surface area contributed by atoms with E-state index in [2.05, 4.69) is 0 Å². The average molecular weight is 442 g/mol. The monoisotopic (exact) mass is 442 g/mol. The van der Waals surface area contributed by atoms with Gasteiger partial charge in [-0.3, -0.25) is 0 Å². The summed E-state index contributed by atoms with van der Waals surface area (Å²) in [5.74, 6) is 0.695. The van der Waals surface area contributed by atoms with Crippen LogP contribution in [0.3, 0.4) is 0 Å². The van der Waals surface area contributed by atoms with Gasteiger partial charge in [0.05, 0.1) is 45.5 Å². The van der Waals surface area contributed by atoms with E-state index in [0.717, 1.165) is 0 Å². The zero-order chi connectivity index (χ0) is 22.9. The van der Waals surface area contributed by atoms with Crippen molar-refractivity contribution in [1.82, 2.24) is 0 Å². The molecular formula is C20H26O11. The Morgan fingerprint density at radius 2 is 1.68 bits per heavy atom. The van der Waals surface area contributed by atoms with E-state index >= 15 is 0 Å². The van der Waals surface area contributed by atoms with Crippen molar-refractivity contribution in [3.8, 4) is 17.2 Å². The van der Waals surface area contributed by atoms with E-state index in [4.69, 9.17) is 28.1 Å². The van der Waals surface area contributed by atoms with Crippen LogP contribution in [0.4, 0.5) is 0 Å². The Bertz CT molecular complexity index is 983. The van der Waals surface area contributed by atoms with E-state index in [0.29, 0.717) is 10.9 Å². The number of aliphatic hydroxyl groups excluding tert-OH is 4. The maximum absolute atomic E-state index is 12.3. The molecule has 172 valence electrons. The third kappa shape index (κ3) is 4.07. The second kappa shape index (κ2) is 9.39. The maximum Gasteiger partial charge on any atom is 0.343 e. The molecule has 3 rings (SSSR count). The molecule has 31 heavy (non-hydrogen) atoms. The molecule has 0 saturated carbocycles. The lowest BCUT2D eigenvalue weighted by Gasteiger charge is -2.39. The predicted octanol–water partition coefficient (Wildman–Crippen LogP) is -0.556. The van der Waals surface area contributed by atoms with E-state index < -0.39 is 42.9 Å². The van der Waals surface area contributed by atoms with Gasteiger partial charge in [-0.2, -0.15) is 0 Å². The van der Waals surface area contributed by atoms with Crippen molar-refractivity contribution >= 4 is 11.0 Å². The minimum Gasteiger partial charge on any atom is -0.495 e. The summed E-state index contributed by atoms with van der Waals surface area (Å²) in [5, 5.41) is 39.8. The van der Waals surface area contributed by atoms with Crippen LogP contribution in [-0.4, -0.2) is 79.1 Å². The smallest absolute Gasteiger partial charge is 0.343 e. The quantitative estimate of drug-likeness (QED) is 0.408. The van der Waals surface area contributed by atoms with Gasteiger partial charge in [0.1, 0.15) is 30.2 Å². The molecule has 1 fully saturated rings. The van der Waals surface area contributed by atoms with E-state index in [1.54, 1.807) is 13.0 Å². The molecule has 11 nitrogen and oxygen atoms in total. The van der Waals surface area contributed by atoms with E-state index in [1.807, 2.05) is 0 Å². The molecular weight excluding hydrogens is 416 g/mol. The summed E-state index contributed by atoms with van der Waals surface area (Å²) in [6.07, 6.45) is -7.10. The van der Waals surface area contributed by atoms with Crippen molar-refractivity contribution in [2.75, 3.05) is 27.9 Å². The fraction of sp³-hybridized carbons (Fsp3) is 0.550. The molecule has 2 aromatic rings. The molecule has 5 atom stereocenters. The van der Waals surface area contributed by atoms with Crippen molar-refractivity contribution in [2.24, 2.45) is 0 Å². The van der Waals surface area contributed by atoms with Gasteiger partial charge in [0.15, 0.2) is 17.6 Å². The lowest BCUT2D eigenvalue weighted by atomic mass is 9.99. The standard InChI is InChI=1S/C20H26O11/c1-8-16(27-3)12-9(5-10(26-2)17(28-4)18(12)31-19(8)25)7-29-20-15(24)14(23)13(22)11(6-21)30-20/h5,11,13-15,20-24H,6-7H2,1-4H3. The van der Waals surface area contributed by atoms with Crippen LogP contribution in [0.1, 0.15) is 11.1 Å². The van der Waals surface area contributed by atoms with Gasteiger partial charge < -0.3 is 48.5 Å². The highest BCUT2D eigenvalue weighted by molar-refractivity contribution is 5.94. The van der Waals surface area contributed by atoms with Gasteiger partial charge in [-0.1, -0.05) is 0 Å². The van der Waals surface area contributed by atoms with Gasteiger partial charge in [-0.15, -0.1) is 0 Å². The van der Waals surface area contributed by atoms with Crippen LogP contribution in [0.25, 0.3) is 11.0 Å². The third-order valence-corrected chi connectivity index (χ3v) is 5.23. The second-order valence-corrected chi connectivity index (χ2v) is 7.03. The zero-order valence-corrected chi connectivity index (χ0v) is 17.5. The van der Waals surface area contributed by atoms with Crippen molar-refractivity contribution in [1.29, 1.82) is 0 Å². The summed E-state index contributed by atoms with van der Waals surface area (Å²) in [6, 6.07) is 1.59. The first kappa shape index (κ1) is 23.3. The molecule has 5 unspecified atom stereocenters. The molecule has 0 bridgehead atoms. The van der Waals surface area contributed by atoms with Gasteiger partial charge in [0, 0.05) is 0 Å². The molecule has 0 amide bonds. The number of methoxy groups -OCH3 is 3. The molecule has 0 spiro atoms. The number of rotatable bonds is 7. The minimum absolute atomic E-state index is 0.0849. The van der Waals surface area contributed by atoms with Crippen LogP contribution in [0.2, 0.25) is 0 Å². The summed E-state index contributed by atoms with van der Waals surface area (Å²) in [5.41, 5.74) is 0.156. The van der Waals surface area contributed by atoms with Gasteiger partial charge in [0.2, 0.25) is 5.75 Å². The fourth-order valence-electron chi connectivity index (χ4n) is 3.55. The van der Waals surface area contributed by atoms with Crippen molar-refractivity contribution in [3.63, 3.8) is 0 Å². The summed E-state index contributed by atoms with van der Waals surface area (Å²) in [6.45, 7) is 0.772. The Kier molecular flexibility index (Phi) is 7.04. The number of aliphatic hydroxyl groups is 4. The van der Waals surface area contributed by atoms with Gasteiger partial charge in [0.25, 0.3) is 0 Å². The normalized spacial score (nSPS) is 26.1. The van der Waals surface area contributed by atoms with E-state index in [1.165, 1.54) is 21.3 Å². The van der Waals surface area contributed by atoms with Crippen LogP contribution in [0.5, 0.6) is 17.2 Å². The van der Waals surface area contributed by atoms with Gasteiger partial charge in [-0.05, 0) is 18.6 Å².